The van der Waals surface area contributed by atoms with Gasteiger partial charge in [0, 0.05) is 0 Å². The highest BCUT2D eigenvalue weighted by Gasteiger charge is 1.83. The fourth-order valence-corrected chi connectivity index (χ4v) is 0.412. The van der Waals surface area contributed by atoms with Gasteiger partial charge in [-0.25, -0.2) is 0 Å². The summed E-state index contributed by atoms with van der Waals surface area (Å²) in [5.74, 6) is 0. The molecular weight excluding hydrogens is 148 g/mol. The Kier molecular flexibility index (Phi) is 4.67. The molecule has 0 unspecified atom stereocenters. The zero-order valence-corrected chi connectivity index (χ0v) is 6.94. The van der Waals surface area contributed by atoms with Gasteiger partial charge in [0.1, 0.15) is 5.17 Å². The number of nitrogens with one attached hydrogen (secondary N) is 1. The molecule has 0 saturated carbocycles. The molecule has 3 heteroatoms. The minimum atomic E-state index is 0.473. The average Bonchev–Trinajstić information content (AvgIpc) is 1.90. The van der Waals surface area contributed by atoms with Gasteiger partial charge < -0.3 is 0 Å². The van der Waals surface area contributed by atoms with Gasteiger partial charge in [-0.05, 0) is 19.9 Å². The average molecular weight is 159 g/mol. The summed E-state index contributed by atoms with van der Waals surface area (Å²) in [5, 5.41) is 4.23. The van der Waals surface area contributed by atoms with Crippen molar-refractivity contribution in [1.29, 1.82) is 0 Å². The highest BCUT2D eigenvalue weighted by atomic mass is 35.5. The summed E-state index contributed by atoms with van der Waals surface area (Å²) in [4.78, 5) is 0. The Morgan fingerprint density at radius 2 is 2.30 bits per heavy atom. The summed E-state index contributed by atoms with van der Waals surface area (Å²) in [5.41, 5.74) is 3.56. The van der Waals surface area contributed by atoms with E-state index in [9.17, 15) is 0 Å². The van der Waals surface area contributed by atoms with E-state index < -0.39 is 0 Å². The Morgan fingerprint density at radius 3 is 2.60 bits per heavy atom. The number of nitrogens with zero attached hydrogens (tertiary/aromatic N) is 1. The molecule has 0 fully saturated rings. The zero-order valence-electron chi connectivity index (χ0n) is 6.19. The molecule has 1 N–H and O–H groups in total. The summed E-state index contributed by atoms with van der Waals surface area (Å²) in [7, 11) is 0. The van der Waals surface area contributed by atoms with E-state index in [1.54, 1.807) is 13.0 Å². The molecular formula is C7H11ClN2. The molecule has 0 aromatic rings. The molecule has 0 rings (SSSR count). The van der Waals surface area contributed by atoms with Gasteiger partial charge in [0.25, 0.3) is 0 Å². The van der Waals surface area contributed by atoms with Gasteiger partial charge in [-0.2, -0.15) is 5.10 Å². The lowest BCUT2D eigenvalue weighted by Crippen LogP contribution is -2.03. The monoisotopic (exact) mass is 158 g/mol. The largest absolute Gasteiger partial charge is 0.278 e. The number of hydrogen-bond donors (Lipinski definition) is 1. The molecule has 0 aliphatic rings. The SMILES string of the molecule is C=C/C(=C\C)N/N=C(/C)Cl. The topological polar surface area (TPSA) is 24.4 Å². The van der Waals surface area contributed by atoms with Crippen LogP contribution in [-0.2, 0) is 0 Å². The van der Waals surface area contributed by atoms with E-state index in [2.05, 4.69) is 17.1 Å². The van der Waals surface area contributed by atoms with Gasteiger partial charge in [-0.3, -0.25) is 5.43 Å². The fourth-order valence-electron chi connectivity index (χ4n) is 0.370. The summed E-state index contributed by atoms with van der Waals surface area (Å²) in [6.07, 6.45) is 3.53. The summed E-state index contributed by atoms with van der Waals surface area (Å²) >= 11 is 5.46. The number of hydrogen-bond acceptors (Lipinski definition) is 2. The van der Waals surface area contributed by atoms with Crippen LogP contribution in [0, 0.1) is 0 Å². The van der Waals surface area contributed by atoms with Crippen molar-refractivity contribution in [1.82, 2.24) is 5.43 Å². The number of hydrazone groups is 1. The smallest absolute Gasteiger partial charge is 0.123 e. The number of rotatable bonds is 3. The van der Waals surface area contributed by atoms with Crippen LogP contribution in [0.1, 0.15) is 13.8 Å². The maximum absolute atomic E-state index is 5.46. The van der Waals surface area contributed by atoms with Crippen molar-refractivity contribution in [3.63, 3.8) is 0 Å². The van der Waals surface area contributed by atoms with Crippen molar-refractivity contribution in [2.45, 2.75) is 13.8 Å². The maximum Gasteiger partial charge on any atom is 0.123 e. The van der Waals surface area contributed by atoms with E-state index >= 15 is 0 Å². The van der Waals surface area contributed by atoms with Crippen LogP contribution in [0.15, 0.2) is 29.5 Å². The van der Waals surface area contributed by atoms with Crippen LogP contribution in [0.5, 0.6) is 0 Å². The second-order valence-electron chi connectivity index (χ2n) is 1.67. The van der Waals surface area contributed by atoms with Crippen LogP contribution in [0.25, 0.3) is 0 Å². The van der Waals surface area contributed by atoms with E-state index in [1.165, 1.54) is 0 Å². The van der Waals surface area contributed by atoms with E-state index in [4.69, 9.17) is 11.6 Å². The van der Waals surface area contributed by atoms with Gasteiger partial charge in [0.15, 0.2) is 0 Å². The Labute approximate surface area is 66.3 Å². The lowest BCUT2D eigenvalue weighted by Gasteiger charge is -1.97. The van der Waals surface area contributed by atoms with Crippen LogP contribution < -0.4 is 5.43 Å². The first-order valence-corrected chi connectivity index (χ1v) is 3.33. The normalized spacial score (nSPS) is 13.1. The van der Waals surface area contributed by atoms with E-state index in [0.29, 0.717) is 5.17 Å². The number of halogens is 1. The summed E-state index contributed by atoms with van der Waals surface area (Å²) in [6.45, 7) is 7.16. The third-order valence-corrected chi connectivity index (χ3v) is 0.954. The Balaban J connectivity index is 3.89. The first-order chi connectivity index (χ1) is 4.70. The molecule has 56 valence electrons. The second kappa shape index (κ2) is 5.06. The summed E-state index contributed by atoms with van der Waals surface area (Å²) in [6, 6.07) is 0. The zero-order chi connectivity index (χ0) is 7.98. The van der Waals surface area contributed by atoms with Gasteiger partial charge >= 0.3 is 0 Å². The van der Waals surface area contributed by atoms with Gasteiger partial charge in [-0.15, -0.1) is 0 Å². The lowest BCUT2D eigenvalue weighted by atomic mass is 10.4. The van der Waals surface area contributed by atoms with Crippen molar-refractivity contribution in [2.75, 3.05) is 0 Å². The quantitative estimate of drug-likeness (QED) is 0.380. The van der Waals surface area contributed by atoms with Crippen LogP contribution in [0.2, 0.25) is 0 Å². The molecule has 0 bridgehead atoms. The summed E-state index contributed by atoms with van der Waals surface area (Å²) < 4.78 is 0. The first kappa shape index (κ1) is 9.24. The molecule has 0 amide bonds. The van der Waals surface area contributed by atoms with Gasteiger partial charge in [0.05, 0.1) is 5.70 Å². The van der Waals surface area contributed by atoms with Crippen molar-refractivity contribution in [2.24, 2.45) is 5.10 Å². The molecule has 0 aliphatic heterocycles. The fraction of sp³-hybridized carbons (Fsp3) is 0.286. The first-order valence-electron chi connectivity index (χ1n) is 2.95. The molecule has 0 radical (unpaired) electrons. The molecule has 0 atom stereocenters. The lowest BCUT2D eigenvalue weighted by molar-refractivity contribution is 0.918. The van der Waals surface area contributed by atoms with Crippen LogP contribution in [0.3, 0.4) is 0 Å². The predicted molar refractivity (Wildman–Crippen MR) is 46.1 cm³/mol. The van der Waals surface area contributed by atoms with Crippen LogP contribution in [-0.4, -0.2) is 5.17 Å². The second-order valence-corrected chi connectivity index (χ2v) is 2.22. The third-order valence-electron chi connectivity index (χ3n) is 0.870. The van der Waals surface area contributed by atoms with Crippen molar-refractivity contribution in [3.8, 4) is 0 Å². The van der Waals surface area contributed by atoms with Crippen molar-refractivity contribution < 1.29 is 0 Å². The molecule has 0 aromatic heterocycles. The van der Waals surface area contributed by atoms with E-state index in [-0.39, 0.29) is 0 Å². The Morgan fingerprint density at radius 1 is 1.70 bits per heavy atom. The van der Waals surface area contributed by atoms with Crippen LogP contribution in [0.4, 0.5) is 0 Å². The molecule has 0 spiro atoms. The maximum atomic E-state index is 5.46. The van der Waals surface area contributed by atoms with Crippen LogP contribution >= 0.6 is 11.6 Å². The molecule has 0 aliphatic carbocycles. The van der Waals surface area contributed by atoms with Gasteiger partial charge in [0.2, 0.25) is 0 Å². The Hall–Kier alpha value is -0.760. The van der Waals surface area contributed by atoms with E-state index in [1.807, 2.05) is 13.0 Å². The van der Waals surface area contributed by atoms with Crippen molar-refractivity contribution in [3.05, 3.63) is 24.4 Å². The highest BCUT2D eigenvalue weighted by Crippen LogP contribution is 1.89. The molecule has 10 heavy (non-hydrogen) atoms. The molecule has 2 nitrogen and oxygen atoms in total. The minimum absolute atomic E-state index is 0.473. The molecule has 0 aromatic carbocycles. The minimum Gasteiger partial charge on any atom is -0.278 e. The van der Waals surface area contributed by atoms with E-state index in [0.717, 1.165) is 5.70 Å². The highest BCUT2D eigenvalue weighted by molar-refractivity contribution is 6.64. The van der Waals surface area contributed by atoms with Gasteiger partial charge in [-0.1, -0.05) is 24.3 Å². The van der Waals surface area contributed by atoms with Crippen molar-refractivity contribution >= 4 is 16.8 Å². The number of allylic oxidation sites excluding steroid dienone is 2. The Bertz CT molecular complexity index is 166. The standard InChI is InChI=1S/C7H11ClN2/c1-4-7(5-2)10-9-6(3)8/h4-5,10H,1H2,2-3H3/b7-5+,9-6-. The molecule has 0 saturated heterocycles. The predicted octanol–water partition coefficient (Wildman–Crippen LogP) is 2.24. The molecule has 0 heterocycles. The third kappa shape index (κ3) is 4.15.